The second-order valence-corrected chi connectivity index (χ2v) is 5.29. The zero-order valence-electron chi connectivity index (χ0n) is 12.6. The molecule has 6 heteroatoms. The second kappa shape index (κ2) is 11.1. The van der Waals surface area contributed by atoms with E-state index in [1.807, 2.05) is 13.0 Å². The Morgan fingerprint density at radius 2 is 1.95 bits per heavy atom. The lowest BCUT2D eigenvalue weighted by Crippen LogP contribution is -2.19. The molecule has 0 amide bonds. The summed E-state index contributed by atoms with van der Waals surface area (Å²) in [5.74, 6) is 0.683. The first-order valence-corrected chi connectivity index (χ1v) is 7.82. The van der Waals surface area contributed by atoms with Crippen LogP contribution in [0.1, 0.15) is 18.9 Å². The van der Waals surface area contributed by atoms with Gasteiger partial charge < -0.3 is 19.5 Å². The predicted octanol–water partition coefficient (Wildman–Crippen LogP) is 3.53. The summed E-state index contributed by atoms with van der Waals surface area (Å²) in [5, 5.41) is 4.39. The molecule has 1 N–H and O–H groups in total. The highest BCUT2D eigenvalue weighted by molar-refractivity contribution is 6.35. The van der Waals surface area contributed by atoms with Gasteiger partial charge in [-0.25, -0.2) is 0 Å². The van der Waals surface area contributed by atoms with E-state index in [-0.39, 0.29) is 0 Å². The molecule has 0 saturated heterocycles. The van der Waals surface area contributed by atoms with Gasteiger partial charge in [0.05, 0.1) is 18.2 Å². The van der Waals surface area contributed by atoms with Gasteiger partial charge in [-0.05, 0) is 19.1 Å². The zero-order chi connectivity index (χ0) is 15.5. The number of benzene rings is 1. The SMILES string of the molecule is CCOCCCOc1c(Cl)cc(Cl)cc1CNCCOC. The van der Waals surface area contributed by atoms with Gasteiger partial charge in [-0.3, -0.25) is 0 Å². The Kier molecular flexibility index (Phi) is 9.79. The Morgan fingerprint density at radius 3 is 2.67 bits per heavy atom. The van der Waals surface area contributed by atoms with Crippen LogP contribution in [0.25, 0.3) is 0 Å². The maximum absolute atomic E-state index is 6.22. The van der Waals surface area contributed by atoms with E-state index in [2.05, 4.69) is 5.32 Å². The molecule has 21 heavy (non-hydrogen) atoms. The molecular formula is C15H23Cl2NO3. The molecule has 0 bridgehead atoms. The molecule has 1 aromatic rings. The average molecular weight is 336 g/mol. The number of hydrogen-bond donors (Lipinski definition) is 1. The number of hydrogen-bond acceptors (Lipinski definition) is 4. The summed E-state index contributed by atoms with van der Waals surface area (Å²) in [6.45, 7) is 5.97. The molecule has 0 aliphatic rings. The number of methoxy groups -OCH3 is 1. The summed E-state index contributed by atoms with van der Waals surface area (Å²) < 4.78 is 16.1. The largest absolute Gasteiger partial charge is 0.492 e. The van der Waals surface area contributed by atoms with E-state index < -0.39 is 0 Å². The van der Waals surface area contributed by atoms with E-state index in [1.165, 1.54) is 0 Å². The van der Waals surface area contributed by atoms with Crippen LogP contribution in [-0.4, -0.2) is 40.1 Å². The topological polar surface area (TPSA) is 39.7 Å². The molecule has 0 heterocycles. The summed E-state index contributed by atoms with van der Waals surface area (Å²) in [6.07, 6.45) is 0.823. The first-order valence-electron chi connectivity index (χ1n) is 7.07. The van der Waals surface area contributed by atoms with E-state index in [0.29, 0.717) is 42.2 Å². The van der Waals surface area contributed by atoms with Crippen LogP contribution in [0.5, 0.6) is 5.75 Å². The van der Waals surface area contributed by atoms with Crippen LogP contribution in [0.3, 0.4) is 0 Å². The molecule has 0 aliphatic carbocycles. The second-order valence-electron chi connectivity index (χ2n) is 4.44. The highest BCUT2D eigenvalue weighted by Gasteiger charge is 2.10. The van der Waals surface area contributed by atoms with Crippen molar-refractivity contribution in [2.75, 3.05) is 40.1 Å². The molecule has 1 rings (SSSR count). The van der Waals surface area contributed by atoms with Gasteiger partial charge in [-0.15, -0.1) is 0 Å². The molecule has 1 aromatic carbocycles. The van der Waals surface area contributed by atoms with Gasteiger partial charge in [-0.1, -0.05) is 23.2 Å². The smallest absolute Gasteiger partial charge is 0.142 e. The van der Waals surface area contributed by atoms with Crippen molar-refractivity contribution in [3.8, 4) is 5.75 Å². The van der Waals surface area contributed by atoms with Crippen LogP contribution in [0.4, 0.5) is 0 Å². The molecule has 0 unspecified atom stereocenters. The fraction of sp³-hybridized carbons (Fsp3) is 0.600. The van der Waals surface area contributed by atoms with Crippen molar-refractivity contribution in [2.24, 2.45) is 0 Å². The molecular weight excluding hydrogens is 313 g/mol. The standard InChI is InChI=1S/C15H23Cl2NO3/c1-3-20-6-4-7-21-15-12(11-18-5-8-19-2)9-13(16)10-14(15)17/h9-10,18H,3-8,11H2,1-2H3. The summed E-state index contributed by atoms with van der Waals surface area (Å²) in [4.78, 5) is 0. The Bertz CT molecular complexity index is 416. The molecule has 0 aliphatic heterocycles. The lowest BCUT2D eigenvalue weighted by molar-refractivity contribution is 0.130. The minimum absolute atomic E-state index is 0.530. The van der Waals surface area contributed by atoms with Crippen LogP contribution in [-0.2, 0) is 16.0 Å². The Labute approximate surface area is 136 Å². The molecule has 0 fully saturated rings. The van der Waals surface area contributed by atoms with Gasteiger partial charge in [0.25, 0.3) is 0 Å². The lowest BCUT2D eigenvalue weighted by atomic mass is 10.2. The van der Waals surface area contributed by atoms with Crippen molar-refractivity contribution in [1.29, 1.82) is 0 Å². The van der Waals surface area contributed by atoms with E-state index in [9.17, 15) is 0 Å². The van der Waals surface area contributed by atoms with Crippen LogP contribution in [0, 0.1) is 0 Å². The minimum atomic E-state index is 0.530. The zero-order valence-corrected chi connectivity index (χ0v) is 14.1. The van der Waals surface area contributed by atoms with Gasteiger partial charge >= 0.3 is 0 Å². The van der Waals surface area contributed by atoms with E-state index in [0.717, 1.165) is 25.1 Å². The van der Waals surface area contributed by atoms with Crippen LogP contribution in [0.2, 0.25) is 10.0 Å². The maximum atomic E-state index is 6.22. The minimum Gasteiger partial charge on any atom is -0.492 e. The molecule has 4 nitrogen and oxygen atoms in total. The first-order chi connectivity index (χ1) is 10.2. The van der Waals surface area contributed by atoms with Crippen molar-refractivity contribution in [2.45, 2.75) is 19.9 Å². The van der Waals surface area contributed by atoms with Gasteiger partial charge in [0.15, 0.2) is 0 Å². The molecule has 0 radical (unpaired) electrons. The average Bonchev–Trinajstić information content (AvgIpc) is 2.45. The third-order valence-corrected chi connectivity index (χ3v) is 3.27. The summed E-state index contributed by atoms with van der Waals surface area (Å²) in [5.41, 5.74) is 0.944. The molecule has 0 aromatic heterocycles. The fourth-order valence-corrected chi connectivity index (χ4v) is 2.37. The van der Waals surface area contributed by atoms with Crippen molar-refractivity contribution >= 4 is 23.2 Å². The number of ether oxygens (including phenoxy) is 3. The Balaban J connectivity index is 2.57. The Hall–Kier alpha value is -0.520. The van der Waals surface area contributed by atoms with E-state index >= 15 is 0 Å². The van der Waals surface area contributed by atoms with Crippen molar-refractivity contribution in [3.63, 3.8) is 0 Å². The van der Waals surface area contributed by atoms with Gasteiger partial charge in [0, 0.05) is 50.4 Å². The predicted molar refractivity (Wildman–Crippen MR) is 86.6 cm³/mol. The van der Waals surface area contributed by atoms with Crippen molar-refractivity contribution in [3.05, 3.63) is 27.7 Å². The first kappa shape index (κ1) is 18.5. The van der Waals surface area contributed by atoms with E-state index in [1.54, 1.807) is 13.2 Å². The Morgan fingerprint density at radius 1 is 1.14 bits per heavy atom. The van der Waals surface area contributed by atoms with E-state index in [4.69, 9.17) is 37.4 Å². The number of halogens is 2. The third kappa shape index (κ3) is 7.34. The number of rotatable bonds is 11. The summed E-state index contributed by atoms with van der Waals surface area (Å²) in [7, 11) is 1.67. The highest BCUT2D eigenvalue weighted by atomic mass is 35.5. The molecule has 0 saturated carbocycles. The van der Waals surface area contributed by atoms with Gasteiger partial charge in [0.1, 0.15) is 5.75 Å². The van der Waals surface area contributed by atoms with Crippen molar-refractivity contribution < 1.29 is 14.2 Å². The molecule has 0 spiro atoms. The van der Waals surface area contributed by atoms with Crippen LogP contribution < -0.4 is 10.1 Å². The quantitative estimate of drug-likeness (QED) is 0.628. The summed E-state index contributed by atoms with van der Waals surface area (Å²) in [6, 6.07) is 3.56. The van der Waals surface area contributed by atoms with Gasteiger partial charge in [-0.2, -0.15) is 0 Å². The summed E-state index contributed by atoms with van der Waals surface area (Å²) >= 11 is 12.3. The third-order valence-electron chi connectivity index (χ3n) is 2.77. The van der Waals surface area contributed by atoms with Gasteiger partial charge in [0.2, 0.25) is 0 Å². The molecule has 0 atom stereocenters. The van der Waals surface area contributed by atoms with Crippen molar-refractivity contribution in [1.82, 2.24) is 5.32 Å². The normalized spacial score (nSPS) is 10.9. The lowest BCUT2D eigenvalue weighted by Gasteiger charge is -2.14. The van der Waals surface area contributed by atoms with Crippen LogP contribution in [0.15, 0.2) is 12.1 Å². The highest BCUT2D eigenvalue weighted by Crippen LogP contribution is 2.32. The monoisotopic (exact) mass is 335 g/mol. The van der Waals surface area contributed by atoms with Crippen LogP contribution >= 0.6 is 23.2 Å². The molecule has 120 valence electrons. The number of nitrogens with one attached hydrogen (secondary N) is 1. The maximum Gasteiger partial charge on any atom is 0.142 e. The fourth-order valence-electron chi connectivity index (χ4n) is 1.78.